The van der Waals surface area contributed by atoms with Crippen molar-refractivity contribution in [1.82, 2.24) is 9.88 Å². The predicted octanol–water partition coefficient (Wildman–Crippen LogP) is 5.48. The van der Waals surface area contributed by atoms with E-state index in [1.54, 1.807) is 0 Å². The van der Waals surface area contributed by atoms with Crippen LogP contribution < -0.4 is 0 Å². The van der Waals surface area contributed by atoms with E-state index in [1.165, 1.54) is 54.6 Å². The number of hydrogen-bond donors (Lipinski definition) is 0. The first-order valence-corrected chi connectivity index (χ1v) is 9.46. The van der Waals surface area contributed by atoms with E-state index in [2.05, 4.69) is 58.4 Å². The molecule has 0 saturated heterocycles. The number of rotatable bonds is 4. The summed E-state index contributed by atoms with van der Waals surface area (Å²) >= 11 is 0. The van der Waals surface area contributed by atoms with Gasteiger partial charge in [0.05, 0.1) is 0 Å². The Hall–Kier alpha value is -1.90. The molecule has 1 atom stereocenters. The van der Waals surface area contributed by atoms with Crippen molar-refractivity contribution >= 4 is 23.6 Å². The standard InChI is InChI=1S/C23H26N2.ClH/c1-2-7-20(8-3-1)21-11-14-25(15-12-21)18-19-6-4-9-22(16-19)23-10-5-13-24-17-23;/h1-3,5,7-8,10-11,13,16-17,19H,4,6,9,12,14-15,18H2;1H/t19-;/m1./s1. The molecule has 1 aromatic heterocycles. The van der Waals surface area contributed by atoms with E-state index in [-0.39, 0.29) is 12.4 Å². The fourth-order valence-electron chi connectivity index (χ4n) is 4.07. The number of halogens is 1. The fourth-order valence-corrected chi connectivity index (χ4v) is 4.07. The Bertz CT molecular complexity index is 752. The maximum Gasteiger partial charge on any atom is 0.0342 e. The van der Waals surface area contributed by atoms with Gasteiger partial charge in [-0.1, -0.05) is 48.6 Å². The molecule has 0 unspecified atom stereocenters. The van der Waals surface area contributed by atoms with E-state index < -0.39 is 0 Å². The average Bonchev–Trinajstić information content (AvgIpc) is 2.70. The molecule has 2 aromatic rings. The molecule has 3 heteroatoms. The molecule has 0 fully saturated rings. The minimum atomic E-state index is 0. The third kappa shape index (κ3) is 4.63. The van der Waals surface area contributed by atoms with E-state index in [1.807, 2.05) is 18.5 Å². The van der Waals surface area contributed by atoms with Gasteiger partial charge in [0.1, 0.15) is 0 Å². The lowest BCUT2D eigenvalue weighted by molar-refractivity contribution is 0.262. The van der Waals surface area contributed by atoms with Gasteiger partial charge in [-0.2, -0.15) is 0 Å². The molecule has 0 saturated carbocycles. The van der Waals surface area contributed by atoms with Gasteiger partial charge < -0.3 is 0 Å². The summed E-state index contributed by atoms with van der Waals surface area (Å²) in [5, 5.41) is 0. The average molecular weight is 367 g/mol. The molecular formula is C23H27ClN2. The van der Waals surface area contributed by atoms with Crippen molar-refractivity contribution in [2.75, 3.05) is 19.6 Å². The fraction of sp³-hybridized carbons (Fsp3) is 0.348. The van der Waals surface area contributed by atoms with Crippen LogP contribution in [0.15, 0.2) is 67.0 Å². The third-order valence-electron chi connectivity index (χ3n) is 5.42. The quantitative estimate of drug-likeness (QED) is 0.712. The molecule has 0 amide bonds. The second kappa shape index (κ2) is 9.16. The summed E-state index contributed by atoms with van der Waals surface area (Å²) in [5.41, 5.74) is 5.68. The van der Waals surface area contributed by atoms with Crippen molar-refractivity contribution < 1.29 is 0 Å². The summed E-state index contributed by atoms with van der Waals surface area (Å²) < 4.78 is 0. The second-order valence-corrected chi connectivity index (χ2v) is 7.19. The molecule has 26 heavy (non-hydrogen) atoms. The molecule has 1 aromatic carbocycles. The Morgan fingerprint density at radius 1 is 0.962 bits per heavy atom. The van der Waals surface area contributed by atoms with Crippen molar-refractivity contribution in [2.24, 2.45) is 5.92 Å². The smallest absolute Gasteiger partial charge is 0.0342 e. The zero-order valence-corrected chi connectivity index (χ0v) is 16.0. The monoisotopic (exact) mass is 366 g/mol. The van der Waals surface area contributed by atoms with Gasteiger partial charge in [0.15, 0.2) is 0 Å². The number of benzene rings is 1. The van der Waals surface area contributed by atoms with E-state index in [0.717, 1.165) is 13.0 Å². The first kappa shape index (κ1) is 18.9. The van der Waals surface area contributed by atoms with Crippen molar-refractivity contribution in [3.8, 4) is 0 Å². The first-order chi connectivity index (χ1) is 12.4. The minimum absolute atomic E-state index is 0. The number of hydrogen-bond acceptors (Lipinski definition) is 2. The zero-order chi connectivity index (χ0) is 16.9. The van der Waals surface area contributed by atoms with Crippen molar-refractivity contribution in [1.29, 1.82) is 0 Å². The number of aromatic nitrogens is 1. The molecule has 2 aliphatic rings. The Labute approximate surface area is 163 Å². The van der Waals surface area contributed by atoms with Crippen LogP contribution in [-0.2, 0) is 0 Å². The van der Waals surface area contributed by atoms with Gasteiger partial charge in [-0.3, -0.25) is 9.88 Å². The van der Waals surface area contributed by atoms with Crippen LogP contribution in [0.25, 0.3) is 11.1 Å². The van der Waals surface area contributed by atoms with Crippen LogP contribution in [-0.4, -0.2) is 29.5 Å². The maximum absolute atomic E-state index is 4.28. The molecule has 2 nitrogen and oxygen atoms in total. The normalized spacial score (nSPS) is 20.7. The molecule has 2 heterocycles. The van der Waals surface area contributed by atoms with Gasteiger partial charge in [0.2, 0.25) is 0 Å². The molecule has 0 N–H and O–H groups in total. The Balaban J connectivity index is 0.00000196. The lowest BCUT2D eigenvalue weighted by Gasteiger charge is -2.31. The van der Waals surface area contributed by atoms with Crippen molar-refractivity contribution in [3.05, 3.63) is 78.1 Å². The highest BCUT2D eigenvalue weighted by molar-refractivity contribution is 5.85. The van der Waals surface area contributed by atoms with Gasteiger partial charge in [-0.15, -0.1) is 12.4 Å². The Morgan fingerprint density at radius 2 is 1.81 bits per heavy atom. The van der Waals surface area contributed by atoms with E-state index in [9.17, 15) is 0 Å². The van der Waals surface area contributed by atoms with Crippen molar-refractivity contribution in [3.63, 3.8) is 0 Å². The number of pyridine rings is 1. The van der Waals surface area contributed by atoms with E-state index >= 15 is 0 Å². The van der Waals surface area contributed by atoms with Crippen LogP contribution in [0.4, 0.5) is 0 Å². The SMILES string of the molecule is C1=C(c2cccnc2)CCC[C@H]1CN1CC=C(c2ccccc2)CC1.Cl. The zero-order valence-electron chi connectivity index (χ0n) is 15.2. The summed E-state index contributed by atoms with van der Waals surface area (Å²) in [5.74, 6) is 0.677. The maximum atomic E-state index is 4.28. The van der Waals surface area contributed by atoms with Crippen molar-refractivity contribution in [2.45, 2.75) is 25.7 Å². The highest BCUT2D eigenvalue weighted by atomic mass is 35.5. The number of allylic oxidation sites excluding steroid dienone is 1. The van der Waals surface area contributed by atoms with Gasteiger partial charge in [-0.05, 0) is 59.9 Å². The molecule has 1 aliphatic heterocycles. The molecule has 4 rings (SSSR count). The van der Waals surface area contributed by atoms with Crippen LogP contribution in [0.1, 0.15) is 36.8 Å². The number of nitrogens with zero attached hydrogens (tertiary/aromatic N) is 2. The summed E-state index contributed by atoms with van der Waals surface area (Å²) in [6, 6.07) is 15.0. The third-order valence-corrected chi connectivity index (χ3v) is 5.42. The Kier molecular flexibility index (Phi) is 6.65. The van der Waals surface area contributed by atoms with Crippen LogP contribution in [0.2, 0.25) is 0 Å². The summed E-state index contributed by atoms with van der Waals surface area (Å²) in [6.07, 6.45) is 13.8. The van der Waals surface area contributed by atoms with E-state index in [4.69, 9.17) is 0 Å². The molecular weight excluding hydrogens is 340 g/mol. The molecule has 136 valence electrons. The largest absolute Gasteiger partial charge is 0.299 e. The molecule has 0 radical (unpaired) electrons. The minimum Gasteiger partial charge on any atom is -0.299 e. The Morgan fingerprint density at radius 3 is 2.54 bits per heavy atom. The predicted molar refractivity (Wildman–Crippen MR) is 112 cm³/mol. The molecule has 1 aliphatic carbocycles. The topological polar surface area (TPSA) is 16.1 Å². The van der Waals surface area contributed by atoms with Gasteiger partial charge in [0.25, 0.3) is 0 Å². The summed E-state index contributed by atoms with van der Waals surface area (Å²) in [4.78, 5) is 6.89. The summed E-state index contributed by atoms with van der Waals surface area (Å²) in [6.45, 7) is 3.44. The first-order valence-electron chi connectivity index (χ1n) is 9.46. The van der Waals surface area contributed by atoms with Crippen LogP contribution in [0, 0.1) is 5.92 Å². The van der Waals surface area contributed by atoms with Gasteiger partial charge >= 0.3 is 0 Å². The lowest BCUT2D eigenvalue weighted by Crippen LogP contribution is -2.33. The van der Waals surface area contributed by atoms with Crippen LogP contribution in [0.3, 0.4) is 0 Å². The van der Waals surface area contributed by atoms with Gasteiger partial charge in [0, 0.05) is 32.0 Å². The second-order valence-electron chi connectivity index (χ2n) is 7.19. The van der Waals surface area contributed by atoms with E-state index in [0.29, 0.717) is 5.92 Å². The molecule has 0 bridgehead atoms. The summed E-state index contributed by atoms with van der Waals surface area (Å²) in [7, 11) is 0. The van der Waals surface area contributed by atoms with Gasteiger partial charge in [-0.25, -0.2) is 0 Å². The highest BCUT2D eigenvalue weighted by Crippen LogP contribution is 2.31. The van der Waals surface area contributed by atoms with Crippen LogP contribution in [0.5, 0.6) is 0 Å². The van der Waals surface area contributed by atoms with Crippen LogP contribution >= 0.6 is 12.4 Å². The lowest BCUT2D eigenvalue weighted by atomic mass is 9.87. The molecule has 0 spiro atoms. The highest BCUT2D eigenvalue weighted by Gasteiger charge is 2.19.